The van der Waals surface area contributed by atoms with Crippen molar-refractivity contribution in [3.8, 4) is 6.07 Å². The zero-order valence-corrected chi connectivity index (χ0v) is 17.4. The van der Waals surface area contributed by atoms with Gasteiger partial charge in [0.15, 0.2) is 6.61 Å². The Morgan fingerprint density at radius 3 is 2.80 bits per heavy atom. The SMILES string of the molecule is Cc1cc(N(CCC#N)C(=O)COC(=O)CCc2c[nH]c3ccccc23)ccc1Cl. The molecule has 0 unspecified atom stereocenters. The molecule has 30 heavy (non-hydrogen) atoms. The van der Waals surface area contributed by atoms with E-state index in [9.17, 15) is 9.59 Å². The summed E-state index contributed by atoms with van der Waals surface area (Å²) in [5, 5.41) is 10.6. The van der Waals surface area contributed by atoms with E-state index in [1.54, 1.807) is 18.2 Å². The number of amides is 1. The molecule has 0 bridgehead atoms. The maximum Gasteiger partial charge on any atom is 0.306 e. The van der Waals surface area contributed by atoms with Crippen molar-refractivity contribution in [3.05, 3.63) is 64.8 Å². The Labute approximate surface area is 180 Å². The third-order valence-corrected chi connectivity index (χ3v) is 5.26. The van der Waals surface area contributed by atoms with Gasteiger partial charge in [0, 0.05) is 40.8 Å². The van der Waals surface area contributed by atoms with Crippen LogP contribution in [-0.2, 0) is 20.7 Å². The number of halogens is 1. The minimum atomic E-state index is -0.443. The number of aryl methyl sites for hydroxylation is 2. The van der Waals surface area contributed by atoms with Gasteiger partial charge in [0.2, 0.25) is 0 Å². The number of carbonyl (C=O) groups excluding carboxylic acids is 2. The summed E-state index contributed by atoms with van der Waals surface area (Å²) in [5.41, 5.74) is 3.48. The van der Waals surface area contributed by atoms with Gasteiger partial charge in [-0.05, 0) is 48.7 Å². The van der Waals surface area contributed by atoms with Gasteiger partial charge >= 0.3 is 5.97 Å². The molecule has 3 aromatic rings. The molecule has 0 spiro atoms. The van der Waals surface area contributed by atoms with E-state index in [0.717, 1.165) is 22.0 Å². The zero-order valence-electron chi connectivity index (χ0n) is 16.7. The molecule has 154 valence electrons. The van der Waals surface area contributed by atoms with Crippen molar-refractivity contribution in [3.63, 3.8) is 0 Å². The van der Waals surface area contributed by atoms with Crippen LogP contribution in [-0.4, -0.2) is 30.0 Å². The number of fused-ring (bicyclic) bond motifs is 1. The molecule has 1 aromatic heterocycles. The minimum Gasteiger partial charge on any atom is -0.456 e. The van der Waals surface area contributed by atoms with Gasteiger partial charge in [-0.2, -0.15) is 5.26 Å². The summed E-state index contributed by atoms with van der Waals surface area (Å²) in [6.45, 7) is 1.67. The molecule has 0 aliphatic heterocycles. The molecule has 0 saturated heterocycles. The molecule has 1 amide bonds. The topological polar surface area (TPSA) is 86.2 Å². The van der Waals surface area contributed by atoms with Crippen LogP contribution >= 0.6 is 11.6 Å². The van der Waals surface area contributed by atoms with Gasteiger partial charge in [0.25, 0.3) is 5.91 Å². The minimum absolute atomic E-state index is 0.169. The van der Waals surface area contributed by atoms with Crippen molar-refractivity contribution in [2.45, 2.75) is 26.2 Å². The monoisotopic (exact) mass is 423 g/mol. The summed E-state index contributed by atoms with van der Waals surface area (Å²) < 4.78 is 5.20. The fraction of sp³-hybridized carbons (Fsp3) is 0.261. The third kappa shape index (κ3) is 5.19. The highest BCUT2D eigenvalue weighted by atomic mass is 35.5. The van der Waals surface area contributed by atoms with Crippen molar-refractivity contribution in [1.29, 1.82) is 5.26 Å². The molecule has 2 aromatic carbocycles. The number of aromatic nitrogens is 1. The van der Waals surface area contributed by atoms with Gasteiger partial charge in [-0.25, -0.2) is 0 Å². The van der Waals surface area contributed by atoms with Crippen molar-refractivity contribution in [2.75, 3.05) is 18.1 Å². The lowest BCUT2D eigenvalue weighted by molar-refractivity contribution is -0.147. The standard InChI is InChI=1S/C23H22ClN3O3/c1-16-13-18(8-9-20(16)24)27(12-4-11-25)22(28)15-30-23(29)10-7-17-14-26-21-6-3-2-5-19(17)21/h2-3,5-6,8-9,13-14,26H,4,7,10,12,15H2,1H3. The quantitative estimate of drug-likeness (QED) is 0.538. The maximum absolute atomic E-state index is 12.7. The molecule has 0 atom stereocenters. The average molecular weight is 424 g/mol. The van der Waals surface area contributed by atoms with Gasteiger partial charge in [-0.1, -0.05) is 29.8 Å². The molecule has 3 rings (SSSR count). The first kappa shape index (κ1) is 21.4. The average Bonchev–Trinajstić information content (AvgIpc) is 3.16. The van der Waals surface area contributed by atoms with Crippen LogP contribution in [0.25, 0.3) is 10.9 Å². The number of esters is 1. The summed E-state index contributed by atoms with van der Waals surface area (Å²) >= 11 is 6.06. The lowest BCUT2D eigenvalue weighted by atomic mass is 10.1. The van der Waals surface area contributed by atoms with Crippen LogP contribution in [0.2, 0.25) is 5.02 Å². The number of para-hydroxylation sites is 1. The van der Waals surface area contributed by atoms with Crippen molar-refractivity contribution >= 4 is 40.1 Å². The number of nitrogens with zero attached hydrogens (tertiary/aromatic N) is 2. The fourth-order valence-corrected chi connectivity index (χ4v) is 3.34. The normalized spacial score (nSPS) is 10.6. The smallest absolute Gasteiger partial charge is 0.306 e. The molecule has 1 heterocycles. The largest absolute Gasteiger partial charge is 0.456 e. The van der Waals surface area contributed by atoms with E-state index in [0.29, 0.717) is 17.1 Å². The lowest BCUT2D eigenvalue weighted by Gasteiger charge is -2.22. The van der Waals surface area contributed by atoms with Crippen LogP contribution < -0.4 is 4.90 Å². The number of H-pyrrole nitrogens is 1. The van der Waals surface area contributed by atoms with Crippen LogP contribution in [0.3, 0.4) is 0 Å². The van der Waals surface area contributed by atoms with Crippen LogP contribution in [0.1, 0.15) is 24.0 Å². The Morgan fingerprint density at radius 1 is 1.23 bits per heavy atom. The third-order valence-electron chi connectivity index (χ3n) is 4.83. The lowest BCUT2D eigenvalue weighted by Crippen LogP contribution is -2.35. The van der Waals surface area contributed by atoms with Crippen LogP contribution in [0, 0.1) is 18.3 Å². The summed E-state index contributed by atoms with van der Waals surface area (Å²) in [5.74, 6) is -0.825. The van der Waals surface area contributed by atoms with E-state index in [4.69, 9.17) is 21.6 Å². The van der Waals surface area contributed by atoms with E-state index in [1.807, 2.05) is 43.5 Å². The number of nitriles is 1. The zero-order chi connectivity index (χ0) is 21.5. The highest BCUT2D eigenvalue weighted by molar-refractivity contribution is 6.31. The summed E-state index contributed by atoms with van der Waals surface area (Å²) in [6.07, 6.45) is 2.75. The second kappa shape index (κ2) is 9.95. The molecule has 0 fully saturated rings. The molecule has 0 aliphatic rings. The Balaban J connectivity index is 1.58. The van der Waals surface area contributed by atoms with Gasteiger partial charge in [-0.3, -0.25) is 9.59 Å². The predicted octanol–water partition coefficient (Wildman–Crippen LogP) is 4.55. The van der Waals surface area contributed by atoms with E-state index >= 15 is 0 Å². The number of rotatable bonds is 8. The Morgan fingerprint density at radius 2 is 2.03 bits per heavy atom. The Bertz CT molecular complexity index is 1100. The molecule has 1 N–H and O–H groups in total. The predicted molar refractivity (Wildman–Crippen MR) is 116 cm³/mol. The molecule has 7 heteroatoms. The van der Waals surface area contributed by atoms with Crippen molar-refractivity contribution < 1.29 is 14.3 Å². The molecule has 6 nitrogen and oxygen atoms in total. The number of hydrogen-bond donors (Lipinski definition) is 1. The van der Waals surface area contributed by atoms with E-state index in [2.05, 4.69) is 4.98 Å². The Hall–Kier alpha value is -3.30. The van der Waals surface area contributed by atoms with Gasteiger partial charge in [-0.15, -0.1) is 0 Å². The van der Waals surface area contributed by atoms with Gasteiger partial charge in [0.1, 0.15) is 0 Å². The second-order valence-corrected chi connectivity index (χ2v) is 7.31. The number of nitrogens with one attached hydrogen (secondary N) is 1. The summed E-state index contributed by atoms with van der Waals surface area (Å²) in [7, 11) is 0. The maximum atomic E-state index is 12.7. The van der Waals surface area contributed by atoms with Gasteiger partial charge < -0.3 is 14.6 Å². The highest BCUT2D eigenvalue weighted by Crippen LogP contribution is 2.23. The van der Waals surface area contributed by atoms with Crippen molar-refractivity contribution in [1.82, 2.24) is 4.98 Å². The van der Waals surface area contributed by atoms with E-state index < -0.39 is 5.97 Å². The first-order valence-corrected chi connectivity index (χ1v) is 10.0. The van der Waals surface area contributed by atoms with Crippen LogP contribution in [0.15, 0.2) is 48.7 Å². The van der Waals surface area contributed by atoms with E-state index in [1.165, 1.54) is 4.90 Å². The van der Waals surface area contributed by atoms with Gasteiger partial charge in [0.05, 0.1) is 12.5 Å². The van der Waals surface area contributed by atoms with Crippen molar-refractivity contribution in [2.24, 2.45) is 0 Å². The number of hydrogen-bond acceptors (Lipinski definition) is 4. The molecular weight excluding hydrogens is 402 g/mol. The summed E-state index contributed by atoms with van der Waals surface area (Å²) in [6, 6.07) is 15.1. The number of carbonyl (C=O) groups is 2. The van der Waals surface area contributed by atoms with E-state index in [-0.39, 0.29) is 31.9 Å². The second-order valence-electron chi connectivity index (χ2n) is 6.91. The van der Waals surface area contributed by atoms with Crippen LogP contribution in [0.4, 0.5) is 5.69 Å². The number of benzene rings is 2. The highest BCUT2D eigenvalue weighted by Gasteiger charge is 2.18. The number of anilines is 1. The molecule has 0 saturated carbocycles. The number of aromatic amines is 1. The Kier molecular flexibility index (Phi) is 7.10. The fourth-order valence-electron chi connectivity index (χ4n) is 3.22. The first-order valence-electron chi connectivity index (χ1n) is 9.63. The first-order chi connectivity index (χ1) is 14.5. The van der Waals surface area contributed by atoms with Crippen LogP contribution in [0.5, 0.6) is 0 Å². The molecule has 0 aliphatic carbocycles. The molecular formula is C23H22ClN3O3. The summed E-state index contributed by atoms with van der Waals surface area (Å²) in [4.78, 5) is 29.5. The molecule has 0 radical (unpaired) electrons. The number of ether oxygens (including phenoxy) is 1.